The molecular weight excluding hydrogens is 266 g/mol. The van der Waals surface area contributed by atoms with Gasteiger partial charge in [0.05, 0.1) is 15.6 Å². The Morgan fingerprint density at radius 2 is 2.00 bits per heavy atom. The number of halogens is 3. The Bertz CT molecular complexity index is 563. The summed E-state index contributed by atoms with van der Waals surface area (Å²) >= 11 is 6.64. The molecule has 0 spiro atoms. The van der Waals surface area contributed by atoms with Gasteiger partial charge in [0.1, 0.15) is 16.7 Å². The number of benzene rings is 1. The van der Waals surface area contributed by atoms with E-state index in [-0.39, 0.29) is 4.90 Å². The second kappa shape index (κ2) is 4.89. The highest BCUT2D eigenvalue weighted by molar-refractivity contribution is 7.99. The number of nitrogens with zero attached hydrogens (tertiary/aromatic N) is 1. The first kappa shape index (κ1) is 12.1. The number of hydrogen-bond acceptors (Lipinski definition) is 3. The predicted molar refractivity (Wildman–Crippen MR) is 64.1 cm³/mol. The summed E-state index contributed by atoms with van der Waals surface area (Å²) in [5, 5.41) is 0.783. The van der Waals surface area contributed by atoms with Crippen LogP contribution in [0.4, 0.5) is 14.5 Å². The van der Waals surface area contributed by atoms with Crippen LogP contribution in [0.2, 0.25) is 5.02 Å². The molecule has 2 nitrogen and oxygen atoms in total. The largest absolute Gasteiger partial charge is 0.396 e. The summed E-state index contributed by atoms with van der Waals surface area (Å²) in [6.45, 7) is 0. The van der Waals surface area contributed by atoms with Crippen molar-refractivity contribution >= 4 is 29.1 Å². The number of hydrogen-bond donors (Lipinski definition) is 1. The van der Waals surface area contributed by atoms with Gasteiger partial charge < -0.3 is 5.73 Å². The molecule has 1 heterocycles. The maximum absolute atomic E-state index is 13.4. The van der Waals surface area contributed by atoms with Crippen LogP contribution in [-0.4, -0.2) is 4.98 Å². The lowest BCUT2D eigenvalue weighted by Crippen LogP contribution is -1.92. The molecule has 0 fully saturated rings. The van der Waals surface area contributed by atoms with Gasteiger partial charge in [0.2, 0.25) is 0 Å². The highest BCUT2D eigenvalue weighted by Gasteiger charge is 2.09. The van der Waals surface area contributed by atoms with Crippen molar-refractivity contribution in [1.29, 1.82) is 0 Å². The lowest BCUT2D eigenvalue weighted by Gasteiger charge is -2.05. The zero-order valence-electron chi connectivity index (χ0n) is 8.45. The minimum atomic E-state index is -0.521. The van der Waals surface area contributed by atoms with Gasteiger partial charge in [-0.2, -0.15) is 0 Å². The maximum atomic E-state index is 13.4. The molecule has 0 saturated heterocycles. The summed E-state index contributed by atoms with van der Waals surface area (Å²) in [5.74, 6) is -1.03. The molecule has 2 N–H and O–H groups in total. The molecule has 0 atom stereocenters. The fourth-order valence-corrected chi connectivity index (χ4v) is 2.18. The van der Waals surface area contributed by atoms with Crippen molar-refractivity contribution in [2.45, 2.75) is 9.92 Å². The number of nitrogens with two attached hydrogens (primary N) is 1. The summed E-state index contributed by atoms with van der Waals surface area (Å²) in [6, 6.07) is 4.71. The third-order valence-electron chi connectivity index (χ3n) is 1.95. The molecule has 6 heteroatoms. The van der Waals surface area contributed by atoms with Gasteiger partial charge in [-0.05, 0) is 24.3 Å². The lowest BCUT2D eigenvalue weighted by atomic mass is 10.3. The second-order valence-electron chi connectivity index (χ2n) is 3.22. The van der Waals surface area contributed by atoms with E-state index in [2.05, 4.69) is 4.98 Å². The van der Waals surface area contributed by atoms with E-state index in [1.54, 1.807) is 0 Å². The van der Waals surface area contributed by atoms with Crippen molar-refractivity contribution in [3.63, 3.8) is 0 Å². The average Bonchev–Trinajstić information content (AvgIpc) is 2.27. The molecule has 0 aliphatic rings. The van der Waals surface area contributed by atoms with E-state index in [0.717, 1.165) is 30.0 Å². The van der Waals surface area contributed by atoms with Crippen molar-refractivity contribution < 1.29 is 8.78 Å². The fourth-order valence-electron chi connectivity index (χ4n) is 1.19. The summed E-state index contributed by atoms with van der Waals surface area (Å²) in [5.41, 5.74) is 6.00. The molecule has 0 unspecified atom stereocenters. The molecule has 1 aromatic carbocycles. The summed E-state index contributed by atoms with van der Waals surface area (Å²) < 4.78 is 26.3. The van der Waals surface area contributed by atoms with Gasteiger partial charge in [0.15, 0.2) is 0 Å². The Hall–Kier alpha value is -1.33. The minimum absolute atomic E-state index is 0.131. The highest BCUT2D eigenvalue weighted by Crippen LogP contribution is 2.33. The van der Waals surface area contributed by atoms with Crippen LogP contribution in [0.3, 0.4) is 0 Å². The van der Waals surface area contributed by atoms with Crippen LogP contribution in [0.1, 0.15) is 0 Å². The highest BCUT2D eigenvalue weighted by atomic mass is 35.5. The Labute approximate surface area is 106 Å². The van der Waals surface area contributed by atoms with Gasteiger partial charge in [0, 0.05) is 6.20 Å². The van der Waals surface area contributed by atoms with Gasteiger partial charge in [-0.1, -0.05) is 23.4 Å². The number of nitrogen functional groups attached to an aromatic ring is 1. The first-order valence-corrected chi connectivity index (χ1v) is 5.79. The van der Waals surface area contributed by atoms with Crippen molar-refractivity contribution in [1.82, 2.24) is 4.98 Å². The van der Waals surface area contributed by atoms with Gasteiger partial charge in [-0.3, -0.25) is 0 Å². The quantitative estimate of drug-likeness (QED) is 0.905. The van der Waals surface area contributed by atoms with E-state index in [9.17, 15) is 8.78 Å². The number of pyridine rings is 1. The van der Waals surface area contributed by atoms with Crippen LogP contribution in [0.15, 0.2) is 40.4 Å². The van der Waals surface area contributed by atoms with Crippen molar-refractivity contribution in [2.24, 2.45) is 0 Å². The molecule has 0 bridgehead atoms. The summed E-state index contributed by atoms with van der Waals surface area (Å²) in [7, 11) is 0. The third-order valence-corrected chi connectivity index (χ3v) is 3.22. The molecule has 0 saturated carbocycles. The normalized spacial score (nSPS) is 10.5. The molecule has 2 rings (SSSR count). The topological polar surface area (TPSA) is 38.9 Å². The minimum Gasteiger partial charge on any atom is -0.396 e. The molecular formula is C11H7ClF2N2S. The van der Waals surface area contributed by atoms with Crippen molar-refractivity contribution in [3.8, 4) is 0 Å². The molecule has 17 heavy (non-hydrogen) atoms. The first-order chi connectivity index (χ1) is 8.06. The van der Waals surface area contributed by atoms with E-state index in [0.29, 0.717) is 15.7 Å². The third kappa shape index (κ3) is 2.87. The van der Waals surface area contributed by atoms with Gasteiger partial charge in [0.25, 0.3) is 0 Å². The van der Waals surface area contributed by atoms with E-state index < -0.39 is 11.6 Å². The van der Waals surface area contributed by atoms with Crippen LogP contribution < -0.4 is 5.73 Å². The van der Waals surface area contributed by atoms with E-state index in [4.69, 9.17) is 17.3 Å². The second-order valence-corrected chi connectivity index (χ2v) is 4.69. The maximum Gasteiger partial charge on any atom is 0.137 e. The zero-order chi connectivity index (χ0) is 12.4. The number of anilines is 1. The van der Waals surface area contributed by atoms with Gasteiger partial charge in [-0.25, -0.2) is 13.8 Å². The Morgan fingerprint density at radius 3 is 2.71 bits per heavy atom. The van der Waals surface area contributed by atoms with E-state index >= 15 is 0 Å². The zero-order valence-corrected chi connectivity index (χ0v) is 10.0. The van der Waals surface area contributed by atoms with E-state index in [1.165, 1.54) is 12.3 Å². The Morgan fingerprint density at radius 1 is 1.24 bits per heavy atom. The van der Waals surface area contributed by atoms with Crippen LogP contribution in [0.5, 0.6) is 0 Å². The molecule has 1 aromatic heterocycles. The van der Waals surface area contributed by atoms with Crippen LogP contribution in [-0.2, 0) is 0 Å². The van der Waals surface area contributed by atoms with Crippen LogP contribution in [0.25, 0.3) is 0 Å². The fraction of sp³-hybridized carbons (Fsp3) is 0. The SMILES string of the molecule is Nc1cc(Cl)cnc1Sc1cc(F)ccc1F. The Kier molecular flexibility index (Phi) is 3.49. The van der Waals surface area contributed by atoms with Crippen LogP contribution in [0, 0.1) is 11.6 Å². The lowest BCUT2D eigenvalue weighted by molar-refractivity contribution is 0.577. The summed E-state index contributed by atoms with van der Waals surface area (Å²) in [4.78, 5) is 4.09. The standard InChI is InChI=1S/C11H7ClF2N2S/c12-6-3-9(15)11(16-5-6)17-10-4-7(13)1-2-8(10)14/h1-5H,15H2. The van der Waals surface area contributed by atoms with Gasteiger partial charge in [-0.15, -0.1) is 0 Å². The molecule has 0 aliphatic heterocycles. The molecule has 0 radical (unpaired) electrons. The van der Waals surface area contributed by atoms with E-state index in [1.807, 2.05) is 0 Å². The Balaban J connectivity index is 2.34. The molecule has 0 amide bonds. The van der Waals surface area contributed by atoms with Crippen LogP contribution >= 0.6 is 23.4 Å². The number of aromatic nitrogens is 1. The monoisotopic (exact) mass is 272 g/mol. The smallest absolute Gasteiger partial charge is 0.137 e. The summed E-state index contributed by atoms with van der Waals surface area (Å²) in [6.07, 6.45) is 1.40. The predicted octanol–water partition coefficient (Wildman–Crippen LogP) is 3.75. The van der Waals surface area contributed by atoms with Crippen molar-refractivity contribution in [3.05, 3.63) is 47.1 Å². The van der Waals surface area contributed by atoms with Crippen molar-refractivity contribution in [2.75, 3.05) is 5.73 Å². The average molecular weight is 273 g/mol. The molecule has 2 aromatic rings. The number of rotatable bonds is 2. The van der Waals surface area contributed by atoms with Gasteiger partial charge >= 0.3 is 0 Å². The first-order valence-electron chi connectivity index (χ1n) is 4.60. The molecule has 88 valence electrons. The molecule has 0 aliphatic carbocycles.